The number of halogens is 1. The monoisotopic (exact) mass is 532 g/mol. The number of hydrogen-bond acceptors (Lipinski definition) is 5. The summed E-state index contributed by atoms with van der Waals surface area (Å²) >= 11 is 0. The largest absolute Gasteiger partial charge is 0.508 e. The maximum absolute atomic E-state index is 14.3. The molecule has 0 bridgehead atoms. The molecule has 0 aromatic heterocycles. The molecular formula is C32H37FN2O4. The number of phenolic OH excluding ortho intramolecular Hbond substituents is 1. The summed E-state index contributed by atoms with van der Waals surface area (Å²) in [6.45, 7) is 8.18. The van der Waals surface area contributed by atoms with Crippen molar-refractivity contribution in [3.8, 4) is 11.5 Å². The first kappa shape index (κ1) is 26.9. The summed E-state index contributed by atoms with van der Waals surface area (Å²) < 4.78 is 25.8. The smallest absolute Gasteiger partial charge is 0.410 e. The molecule has 7 heteroatoms. The van der Waals surface area contributed by atoms with Crippen LogP contribution in [-0.2, 0) is 11.2 Å². The summed E-state index contributed by atoms with van der Waals surface area (Å²) in [4.78, 5) is 16.5. The Bertz CT molecular complexity index is 1340. The molecule has 2 unspecified atom stereocenters. The van der Waals surface area contributed by atoms with Crippen LogP contribution in [0.1, 0.15) is 61.3 Å². The first-order valence-corrected chi connectivity index (χ1v) is 13.6. The fraction of sp³-hybridized carbons (Fsp3) is 0.406. The molecule has 0 saturated carbocycles. The first-order chi connectivity index (χ1) is 18.6. The van der Waals surface area contributed by atoms with Crippen molar-refractivity contribution < 1.29 is 23.8 Å². The van der Waals surface area contributed by atoms with Crippen LogP contribution in [-0.4, -0.2) is 55.0 Å². The van der Waals surface area contributed by atoms with Crippen molar-refractivity contribution in [1.82, 2.24) is 4.90 Å². The Hall–Kier alpha value is -3.74. The minimum atomic E-state index is -0.517. The van der Waals surface area contributed by atoms with Gasteiger partial charge in [0.05, 0.1) is 7.11 Å². The Morgan fingerprint density at radius 2 is 1.72 bits per heavy atom. The zero-order valence-corrected chi connectivity index (χ0v) is 23.1. The third kappa shape index (κ3) is 5.82. The van der Waals surface area contributed by atoms with Gasteiger partial charge in [-0.2, -0.15) is 0 Å². The van der Waals surface area contributed by atoms with Crippen LogP contribution >= 0.6 is 0 Å². The van der Waals surface area contributed by atoms with E-state index >= 15 is 0 Å². The Labute approximate surface area is 230 Å². The predicted octanol–water partition coefficient (Wildman–Crippen LogP) is 6.46. The number of aryl methyl sites for hydroxylation is 1. The average Bonchev–Trinajstić information content (AvgIpc) is 2.91. The molecule has 0 spiro atoms. The number of anilines is 1. The normalized spacial score (nSPS) is 19.4. The van der Waals surface area contributed by atoms with Crippen LogP contribution in [0.2, 0.25) is 0 Å². The molecule has 206 valence electrons. The molecule has 3 aromatic rings. The number of methoxy groups -OCH3 is 1. The highest BCUT2D eigenvalue weighted by Crippen LogP contribution is 2.49. The summed E-state index contributed by atoms with van der Waals surface area (Å²) in [5.74, 6) is 0.800. The maximum Gasteiger partial charge on any atom is 0.410 e. The number of nitrogens with zero attached hydrogens (tertiary/aromatic N) is 2. The summed E-state index contributed by atoms with van der Waals surface area (Å²) in [6, 6.07) is 18.7. The van der Waals surface area contributed by atoms with E-state index in [1.54, 1.807) is 30.2 Å². The minimum Gasteiger partial charge on any atom is -0.508 e. The van der Waals surface area contributed by atoms with Gasteiger partial charge in [0.25, 0.3) is 0 Å². The lowest BCUT2D eigenvalue weighted by atomic mass is 9.69. The number of piperazine rings is 1. The fourth-order valence-corrected chi connectivity index (χ4v) is 5.91. The van der Waals surface area contributed by atoms with E-state index in [1.165, 1.54) is 6.07 Å². The van der Waals surface area contributed by atoms with Gasteiger partial charge in [-0.15, -0.1) is 0 Å². The molecule has 2 atom stereocenters. The van der Waals surface area contributed by atoms with Crippen molar-refractivity contribution in [3.05, 3.63) is 88.7 Å². The molecule has 1 saturated heterocycles. The van der Waals surface area contributed by atoms with Gasteiger partial charge < -0.3 is 24.4 Å². The van der Waals surface area contributed by atoms with Crippen LogP contribution < -0.4 is 9.64 Å². The van der Waals surface area contributed by atoms with Crippen molar-refractivity contribution in [2.75, 3.05) is 38.2 Å². The fourth-order valence-electron chi connectivity index (χ4n) is 5.91. The summed E-state index contributed by atoms with van der Waals surface area (Å²) in [6.07, 6.45) is 1.37. The quantitative estimate of drug-likeness (QED) is 0.418. The number of carbonyl (C=O) groups excluding carboxylic acids is 1. The predicted molar refractivity (Wildman–Crippen MR) is 150 cm³/mol. The number of hydrogen-bond donors (Lipinski definition) is 1. The molecule has 1 fully saturated rings. The van der Waals surface area contributed by atoms with Gasteiger partial charge in [0, 0.05) is 49.4 Å². The van der Waals surface area contributed by atoms with E-state index in [1.807, 2.05) is 39.0 Å². The molecule has 3 aromatic carbocycles. The first-order valence-electron chi connectivity index (χ1n) is 13.6. The van der Waals surface area contributed by atoms with Gasteiger partial charge in [-0.05, 0) is 86.6 Å². The molecular weight excluding hydrogens is 495 g/mol. The van der Waals surface area contributed by atoms with Gasteiger partial charge in [-0.1, -0.05) is 24.3 Å². The van der Waals surface area contributed by atoms with Gasteiger partial charge >= 0.3 is 6.09 Å². The van der Waals surface area contributed by atoms with Crippen molar-refractivity contribution in [3.63, 3.8) is 0 Å². The lowest BCUT2D eigenvalue weighted by Gasteiger charge is -2.38. The minimum absolute atomic E-state index is 0.0517. The maximum atomic E-state index is 14.3. The SMILES string of the molecule is COc1cc(N2CCN(C(=O)OC(C)(C)C)CC2)ccc1C1c2ccc(O)cc2CCC1c1cccc(F)c1. The van der Waals surface area contributed by atoms with Crippen LogP contribution in [0, 0.1) is 5.82 Å². The number of ether oxygens (including phenoxy) is 2. The van der Waals surface area contributed by atoms with Crippen molar-refractivity contribution in [1.29, 1.82) is 0 Å². The van der Waals surface area contributed by atoms with Crippen LogP contribution in [0.25, 0.3) is 0 Å². The molecule has 1 heterocycles. The highest BCUT2D eigenvalue weighted by molar-refractivity contribution is 5.69. The molecule has 6 nitrogen and oxygen atoms in total. The number of aromatic hydroxyl groups is 1. The Morgan fingerprint density at radius 1 is 0.974 bits per heavy atom. The number of rotatable bonds is 4. The van der Waals surface area contributed by atoms with Crippen LogP contribution in [0.3, 0.4) is 0 Å². The Morgan fingerprint density at radius 3 is 2.41 bits per heavy atom. The topological polar surface area (TPSA) is 62.2 Å². The van der Waals surface area contributed by atoms with E-state index in [0.29, 0.717) is 26.2 Å². The number of carbonyl (C=O) groups is 1. The molecule has 1 N–H and O–H groups in total. The van der Waals surface area contributed by atoms with E-state index < -0.39 is 5.60 Å². The molecule has 2 aliphatic rings. The van der Waals surface area contributed by atoms with Crippen molar-refractivity contribution >= 4 is 11.8 Å². The molecule has 0 radical (unpaired) electrons. The average molecular weight is 533 g/mol. The number of benzene rings is 3. The molecule has 1 amide bonds. The van der Waals surface area contributed by atoms with Crippen LogP contribution in [0.4, 0.5) is 14.9 Å². The van der Waals surface area contributed by atoms with Crippen molar-refractivity contribution in [2.45, 2.75) is 51.0 Å². The van der Waals surface area contributed by atoms with Gasteiger partial charge in [0.2, 0.25) is 0 Å². The Kier molecular flexibility index (Phi) is 7.43. The summed E-state index contributed by atoms with van der Waals surface area (Å²) in [5, 5.41) is 10.1. The van der Waals surface area contributed by atoms with Gasteiger partial charge in [-0.25, -0.2) is 9.18 Å². The lowest BCUT2D eigenvalue weighted by molar-refractivity contribution is 0.0240. The van der Waals surface area contributed by atoms with E-state index in [2.05, 4.69) is 23.1 Å². The molecule has 1 aliphatic heterocycles. The second-order valence-electron chi connectivity index (χ2n) is 11.4. The zero-order chi connectivity index (χ0) is 27.7. The van der Waals surface area contributed by atoms with E-state index in [4.69, 9.17) is 9.47 Å². The van der Waals surface area contributed by atoms with Gasteiger partial charge in [0.1, 0.15) is 22.9 Å². The van der Waals surface area contributed by atoms with Gasteiger partial charge in [-0.3, -0.25) is 0 Å². The molecule has 5 rings (SSSR count). The second kappa shape index (κ2) is 10.8. The third-order valence-electron chi connectivity index (χ3n) is 7.71. The third-order valence-corrected chi connectivity index (χ3v) is 7.71. The van der Waals surface area contributed by atoms with E-state index in [9.17, 15) is 14.3 Å². The molecule has 39 heavy (non-hydrogen) atoms. The Balaban J connectivity index is 1.44. The van der Waals surface area contributed by atoms with Crippen molar-refractivity contribution in [2.24, 2.45) is 0 Å². The number of phenols is 1. The van der Waals surface area contributed by atoms with Crippen LogP contribution in [0.5, 0.6) is 11.5 Å². The summed E-state index contributed by atoms with van der Waals surface area (Å²) in [5.41, 5.74) is 4.75. The van der Waals surface area contributed by atoms with Gasteiger partial charge in [0.15, 0.2) is 0 Å². The lowest BCUT2D eigenvalue weighted by Crippen LogP contribution is -2.50. The highest BCUT2D eigenvalue weighted by atomic mass is 19.1. The highest BCUT2D eigenvalue weighted by Gasteiger charge is 2.35. The standard InChI is InChI=1S/C32H37FN2O4/c1-32(2,3)39-31(37)35-16-14-34(15-17-35)24-9-12-28(29(20-24)38-4)30-26(21-6-5-7-23(33)18-21)11-8-22-19-25(36)10-13-27(22)30/h5-7,9-10,12-13,18-20,26,30,36H,8,11,14-17H2,1-4H3. The van der Waals surface area contributed by atoms with Crippen LogP contribution in [0.15, 0.2) is 60.7 Å². The molecule has 1 aliphatic carbocycles. The zero-order valence-electron chi connectivity index (χ0n) is 23.1. The second-order valence-corrected chi connectivity index (χ2v) is 11.4. The number of amides is 1. The van der Waals surface area contributed by atoms with E-state index in [-0.39, 0.29) is 29.5 Å². The number of fused-ring (bicyclic) bond motifs is 1. The van der Waals surface area contributed by atoms with E-state index in [0.717, 1.165) is 46.5 Å². The summed E-state index contributed by atoms with van der Waals surface area (Å²) in [7, 11) is 1.68.